The second-order valence-corrected chi connectivity index (χ2v) is 14.8. The van der Waals surface area contributed by atoms with Crippen molar-refractivity contribution in [1.82, 2.24) is 9.97 Å². The molecule has 2 heterocycles. The van der Waals surface area contributed by atoms with Gasteiger partial charge < -0.3 is 23.7 Å². The quantitative estimate of drug-likeness (QED) is 0.0909. The predicted molar refractivity (Wildman–Crippen MR) is 220 cm³/mol. The summed E-state index contributed by atoms with van der Waals surface area (Å²) >= 11 is 0. The molecule has 10 heteroatoms. The molecule has 0 amide bonds. The zero-order valence-electron chi connectivity index (χ0n) is 33.2. The van der Waals surface area contributed by atoms with E-state index in [1.165, 1.54) is 0 Å². The van der Waals surface area contributed by atoms with E-state index in [9.17, 15) is 13.2 Å². The van der Waals surface area contributed by atoms with Gasteiger partial charge in [0.15, 0.2) is 5.69 Å². The maximum atomic E-state index is 13.3. The number of hydrogen-bond acceptors (Lipinski definition) is 7. The molecule has 6 aromatic rings. The summed E-state index contributed by atoms with van der Waals surface area (Å²) < 4.78 is 74.3. The molecule has 1 fully saturated rings. The molecule has 1 saturated heterocycles. The van der Waals surface area contributed by atoms with Crippen molar-refractivity contribution in [1.29, 1.82) is 0 Å². The highest BCUT2D eigenvalue weighted by Crippen LogP contribution is 2.40. The number of halogens is 3. The first-order chi connectivity index (χ1) is 28.8. The second kappa shape index (κ2) is 20.2. The molecule has 6 atom stereocenters. The van der Waals surface area contributed by atoms with Crippen LogP contribution >= 0.6 is 0 Å². The molecule has 7 rings (SSSR count). The lowest BCUT2D eigenvalue weighted by Crippen LogP contribution is -2.62. The van der Waals surface area contributed by atoms with Crippen molar-refractivity contribution in [2.75, 3.05) is 6.61 Å². The van der Waals surface area contributed by atoms with Gasteiger partial charge in [-0.15, -0.1) is 0 Å². The zero-order valence-corrected chi connectivity index (χ0v) is 33.2. The van der Waals surface area contributed by atoms with Crippen LogP contribution < -0.4 is 0 Å². The van der Waals surface area contributed by atoms with Crippen LogP contribution in [0.1, 0.15) is 58.3 Å². The van der Waals surface area contributed by atoms with Gasteiger partial charge >= 0.3 is 6.18 Å². The molecule has 306 valence electrons. The maximum Gasteiger partial charge on any atom is 0.434 e. The van der Waals surface area contributed by atoms with Gasteiger partial charge in [0.1, 0.15) is 24.4 Å². The van der Waals surface area contributed by atoms with E-state index in [0.29, 0.717) is 44.1 Å². The summed E-state index contributed by atoms with van der Waals surface area (Å²) in [5.74, 6) is -0.182. The molecule has 1 aliphatic heterocycles. The molecule has 5 aromatic carbocycles. The number of nitrogens with zero attached hydrogens (tertiary/aromatic N) is 2. The van der Waals surface area contributed by atoms with E-state index in [-0.39, 0.29) is 12.5 Å². The third-order valence-electron chi connectivity index (χ3n) is 10.7. The van der Waals surface area contributed by atoms with Crippen LogP contribution in [0.3, 0.4) is 0 Å². The largest absolute Gasteiger partial charge is 0.434 e. The molecule has 59 heavy (non-hydrogen) atoms. The fourth-order valence-corrected chi connectivity index (χ4v) is 7.65. The highest BCUT2D eigenvalue weighted by atomic mass is 19.4. The summed E-state index contributed by atoms with van der Waals surface area (Å²) in [4.78, 5) is 7.74. The third kappa shape index (κ3) is 11.1. The molecule has 7 nitrogen and oxygen atoms in total. The second-order valence-electron chi connectivity index (χ2n) is 14.8. The van der Waals surface area contributed by atoms with Crippen LogP contribution in [0.4, 0.5) is 13.2 Å². The summed E-state index contributed by atoms with van der Waals surface area (Å²) in [5.41, 5.74) is 6.01. The van der Waals surface area contributed by atoms with Gasteiger partial charge in [-0.3, -0.25) is 4.98 Å². The van der Waals surface area contributed by atoms with Gasteiger partial charge in [0.05, 0.1) is 57.2 Å². The van der Waals surface area contributed by atoms with E-state index in [1.807, 2.05) is 146 Å². The smallest absolute Gasteiger partial charge is 0.374 e. The minimum absolute atomic E-state index is 0.182. The lowest BCUT2D eigenvalue weighted by atomic mass is 9.80. The lowest BCUT2D eigenvalue weighted by molar-refractivity contribution is -0.276. The van der Waals surface area contributed by atoms with Crippen LogP contribution in [0, 0.1) is 6.92 Å². The van der Waals surface area contributed by atoms with Crippen molar-refractivity contribution in [2.45, 2.75) is 89.3 Å². The molecule has 0 aliphatic carbocycles. The molecule has 0 saturated carbocycles. The average molecular weight is 803 g/mol. The van der Waals surface area contributed by atoms with Crippen LogP contribution in [-0.2, 0) is 56.3 Å². The molecule has 1 aromatic heterocycles. The number of benzene rings is 5. The molecule has 1 aliphatic rings. The van der Waals surface area contributed by atoms with Gasteiger partial charge in [0.2, 0.25) is 0 Å². The van der Waals surface area contributed by atoms with E-state index >= 15 is 0 Å². The van der Waals surface area contributed by atoms with Gasteiger partial charge in [0.25, 0.3) is 0 Å². The highest BCUT2D eigenvalue weighted by molar-refractivity contribution is 5.60. The Bertz CT molecular complexity index is 2160. The molecule has 0 unspecified atom stereocenters. The van der Waals surface area contributed by atoms with Crippen molar-refractivity contribution < 1.29 is 36.9 Å². The monoisotopic (exact) mass is 802 g/mol. The standard InChI is InChI=1S/C49H49F3N2O5/c1-3-40(41-25-24-39(26-34(41)2)42-27-54-44(28-53-42)49(50,51)52)45-47(57-31-37-20-12-6-13-21-37)48(58-32-38-22-14-7-15-23-38)46(56-30-36-18-10-5-11-19-36)43(59-45)33-55-29-35-16-8-4-9-17-35/h4-28,40,43,45-48H,3,29-33H2,1-2H3/t40-,43-,45-,46-,47-,48+/m1/s1. The van der Waals surface area contributed by atoms with Crippen LogP contribution in [0.2, 0.25) is 0 Å². The summed E-state index contributed by atoms with van der Waals surface area (Å²) in [7, 11) is 0. The molecule has 0 radical (unpaired) electrons. The number of ether oxygens (including phenoxy) is 5. The van der Waals surface area contributed by atoms with Crippen molar-refractivity contribution >= 4 is 0 Å². The number of alkyl halides is 3. The Hall–Kier alpha value is -5.23. The number of aromatic nitrogens is 2. The van der Waals surface area contributed by atoms with Crippen molar-refractivity contribution in [3.05, 3.63) is 191 Å². The summed E-state index contributed by atoms with van der Waals surface area (Å²) in [5, 5.41) is 0. The summed E-state index contributed by atoms with van der Waals surface area (Å²) in [6.45, 7) is 5.72. The number of rotatable bonds is 17. The topological polar surface area (TPSA) is 71.9 Å². The first-order valence-electron chi connectivity index (χ1n) is 20.0. The molecule has 0 spiro atoms. The zero-order chi connectivity index (χ0) is 41.0. The highest BCUT2D eigenvalue weighted by Gasteiger charge is 2.51. The van der Waals surface area contributed by atoms with Gasteiger partial charge in [-0.1, -0.05) is 140 Å². The van der Waals surface area contributed by atoms with Crippen LogP contribution in [0.5, 0.6) is 0 Å². The van der Waals surface area contributed by atoms with E-state index in [2.05, 4.69) is 16.9 Å². The third-order valence-corrected chi connectivity index (χ3v) is 10.7. The predicted octanol–water partition coefficient (Wildman–Crippen LogP) is 10.7. The average Bonchev–Trinajstić information content (AvgIpc) is 3.26. The van der Waals surface area contributed by atoms with Crippen LogP contribution in [0.25, 0.3) is 11.3 Å². The Kier molecular flexibility index (Phi) is 14.3. The van der Waals surface area contributed by atoms with Crippen LogP contribution in [0.15, 0.2) is 152 Å². The fraction of sp³-hybridized carbons (Fsp3) is 0.306. The van der Waals surface area contributed by atoms with Crippen molar-refractivity contribution in [3.8, 4) is 11.3 Å². The van der Waals surface area contributed by atoms with E-state index in [1.54, 1.807) is 0 Å². The maximum absolute atomic E-state index is 13.3. The molecule has 0 N–H and O–H groups in total. The minimum Gasteiger partial charge on any atom is -0.374 e. The molecular weight excluding hydrogens is 754 g/mol. The minimum atomic E-state index is -4.57. The number of hydrogen-bond donors (Lipinski definition) is 0. The summed E-state index contributed by atoms with van der Waals surface area (Å²) in [6.07, 6.45) is -4.75. The summed E-state index contributed by atoms with van der Waals surface area (Å²) in [6, 6.07) is 45.9. The van der Waals surface area contributed by atoms with E-state index in [0.717, 1.165) is 45.8 Å². The Morgan fingerprint density at radius 3 is 1.59 bits per heavy atom. The first-order valence-corrected chi connectivity index (χ1v) is 20.0. The van der Waals surface area contributed by atoms with E-state index in [4.69, 9.17) is 23.7 Å². The van der Waals surface area contributed by atoms with Crippen LogP contribution in [-0.4, -0.2) is 47.1 Å². The lowest BCUT2D eigenvalue weighted by Gasteiger charge is -2.48. The Labute approximate surface area is 344 Å². The van der Waals surface area contributed by atoms with E-state index < -0.39 is 42.4 Å². The Morgan fingerprint density at radius 1 is 0.610 bits per heavy atom. The normalized spacial score (nSPS) is 20.0. The van der Waals surface area contributed by atoms with Gasteiger partial charge in [0, 0.05) is 11.5 Å². The SMILES string of the molecule is CC[C@H](c1ccc(-c2cnc(C(F)(F)F)cn2)cc1C)[C@H]1O[C@H](COCc2ccccc2)[C@@H](OCc2ccccc2)[C@H](OCc2ccccc2)[C@@H]1OCc1ccccc1. The van der Waals surface area contributed by atoms with Gasteiger partial charge in [-0.25, -0.2) is 4.98 Å². The number of aryl methyl sites for hydroxylation is 1. The Morgan fingerprint density at radius 2 is 1.12 bits per heavy atom. The first kappa shape index (κ1) is 41.9. The van der Waals surface area contributed by atoms with Gasteiger partial charge in [-0.2, -0.15) is 13.2 Å². The Balaban J connectivity index is 1.26. The van der Waals surface area contributed by atoms with Crippen molar-refractivity contribution in [3.63, 3.8) is 0 Å². The molecule has 0 bridgehead atoms. The van der Waals surface area contributed by atoms with Crippen molar-refractivity contribution in [2.24, 2.45) is 0 Å². The molecular formula is C49H49F3N2O5. The fourth-order valence-electron chi connectivity index (χ4n) is 7.65. The van der Waals surface area contributed by atoms with Gasteiger partial charge in [-0.05, 0) is 52.8 Å².